The van der Waals surface area contributed by atoms with E-state index in [0.717, 1.165) is 30.1 Å². The van der Waals surface area contributed by atoms with E-state index in [1.807, 2.05) is 6.07 Å². The molecule has 1 heterocycles. The molecule has 2 heteroatoms. The predicted molar refractivity (Wildman–Crippen MR) is 74.5 cm³/mol. The Kier molecular flexibility index (Phi) is 2.71. The van der Waals surface area contributed by atoms with Gasteiger partial charge in [0.15, 0.2) is 0 Å². The molecule has 0 aromatic heterocycles. The van der Waals surface area contributed by atoms with Gasteiger partial charge < -0.3 is 9.84 Å². The van der Waals surface area contributed by atoms with Crippen molar-refractivity contribution < 1.29 is 9.84 Å². The second-order valence-electron chi connectivity index (χ2n) is 6.59. The molecule has 4 rings (SSSR count). The van der Waals surface area contributed by atoms with Crippen LogP contribution in [0.1, 0.15) is 50.0 Å². The van der Waals surface area contributed by atoms with Crippen LogP contribution in [0, 0.1) is 17.8 Å². The second kappa shape index (κ2) is 4.43. The third-order valence-corrected chi connectivity index (χ3v) is 5.71. The number of benzene rings is 1. The first-order chi connectivity index (χ1) is 9.33. The molecule has 0 bridgehead atoms. The molecule has 4 atom stereocenters. The van der Waals surface area contributed by atoms with Crippen LogP contribution in [-0.4, -0.2) is 11.7 Å². The number of hydrogen-bond acceptors (Lipinski definition) is 2. The molecule has 19 heavy (non-hydrogen) atoms. The quantitative estimate of drug-likeness (QED) is 0.759. The van der Waals surface area contributed by atoms with E-state index in [-0.39, 0.29) is 0 Å². The van der Waals surface area contributed by atoms with Gasteiger partial charge in [0.2, 0.25) is 0 Å². The topological polar surface area (TPSA) is 29.5 Å². The number of ether oxygens (including phenoxy) is 1. The van der Waals surface area contributed by atoms with Crippen molar-refractivity contribution >= 4 is 0 Å². The molecule has 1 aromatic rings. The van der Waals surface area contributed by atoms with Gasteiger partial charge in [-0.15, -0.1) is 0 Å². The summed E-state index contributed by atoms with van der Waals surface area (Å²) in [5, 5.41) is 9.59. The van der Waals surface area contributed by atoms with Crippen LogP contribution < -0.4 is 4.74 Å². The second-order valence-corrected chi connectivity index (χ2v) is 6.59. The van der Waals surface area contributed by atoms with Crippen molar-refractivity contribution in [1.82, 2.24) is 0 Å². The lowest BCUT2D eigenvalue weighted by molar-refractivity contribution is 0.0364. The summed E-state index contributed by atoms with van der Waals surface area (Å²) in [7, 11) is 0. The van der Waals surface area contributed by atoms with Crippen molar-refractivity contribution in [2.75, 3.05) is 6.61 Å². The monoisotopic (exact) mass is 258 g/mol. The van der Waals surface area contributed by atoms with Crippen LogP contribution in [0.25, 0.3) is 0 Å². The fourth-order valence-corrected chi connectivity index (χ4v) is 4.83. The van der Waals surface area contributed by atoms with Crippen molar-refractivity contribution in [3.63, 3.8) is 0 Å². The van der Waals surface area contributed by atoms with Crippen LogP contribution in [0.4, 0.5) is 0 Å². The minimum absolute atomic E-state index is 0.323. The van der Waals surface area contributed by atoms with Crippen molar-refractivity contribution in [3.05, 3.63) is 23.8 Å². The van der Waals surface area contributed by atoms with Gasteiger partial charge in [-0.2, -0.15) is 0 Å². The molecule has 0 radical (unpaired) electrons. The summed E-state index contributed by atoms with van der Waals surface area (Å²) < 4.78 is 5.96. The number of hydrogen-bond donors (Lipinski definition) is 1. The summed E-state index contributed by atoms with van der Waals surface area (Å²) >= 11 is 0. The number of phenolic OH excluding ortho intramolecular Hbond substituents is 1. The number of rotatable bonds is 0. The highest BCUT2D eigenvalue weighted by atomic mass is 16.5. The summed E-state index contributed by atoms with van der Waals surface area (Å²) in [6, 6.07) is 5.70. The fraction of sp³-hybridized carbons (Fsp3) is 0.647. The summed E-state index contributed by atoms with van der Waals surface area (Å²) in [6.07, 6.45) is 8.40. The average molecular weight is 258 g/mol. The molecule has 4 unspecified atom stereocenters. The van der Waals surface area contributed by atoms with Gasteiger partial charge in [0, 0.05) is 12.0 Å². The zero-order valence-electron chi connectivity index (χ0n) is 11.3. The Balaban J connectivity index is 1.67. The van der Waals surface area contributed by atoms with Gasteiger partial charge in [0.1, 0.15) is 11.5 Å². The zero-order valence-corrected chi connectivity index (χ0v) is 11.3. The van der Waals surface area contributed by atoms with E-state index in [2.05, 4.69) is 6.07 Å². The van der Waals surface area contributed by atoms with Crippen molar-refractivity contribution in [2.24, 2.45) is 17.8 Å². The summed E-state index contributed by atoms with van der Waals surface area (Å²) in [6.45, 7) is 0.863. The van der Waals surface area contributed by atoms with Crippen LogP contribution in [0.2, 0.25) is 0 Å². The minimum Gasteiger partial charge on any atom is -0.508 e. The van der Waals surface area contributed by atoms with Gasteiger partial charge in [-0.3, -0.25) is 0 Å². The SMILES string of the molecule is Oc1ccc2c(c1)OCC1C2CCC2CCCCC21. The maximum atomic E-state index is 9.59. The van der Waals surface area contributed by atoms with Gasteiger partial charge in [0.25, 0.3) is 0 Å². The van der Waals surface area contributed by atoms with Gasteiger partial charge in [-0.1, -0.05) is 25.3 Å². The summed E-state index contributed by atoms with van der Waals surface area (Å²) in [5.41, 5.74) is 1.35. The van der Waals surface area contributed by atoms with E-state index in [1.54, 1.807) is 6.07 Å². The van der Waals surface area contributed by atoms with E-state index >= 15 is 0 Å². The first-order valence-corrected chi connectivity index (χ1v) is 7.78. The van der Waals surface area contributed by atoms with E-state index < -0.39 is 0 Å². The van der Waals surface area contributed by atoms with Crippen LogP contribution in [0.3, 0.4) is 0 Å². The smallest absolute Gasteiger partial charge is 0.126 e. The molecule has 0 amide bonds. The minimum atomic E-state index is 0.323. The maximum Gasteiger partial charge on any atom is 0.126 e. The van der Waals surface area contributed by atoms with Crippen molar-refractivity contribution in [3.8, 4) is 11.5 Å². The highest BCUT2D eigenvalue weighted by Gasteiger charge is 2.43. The molecule has 1 aromatic carbocycles. The third-order valence-electron chi connectivity index (χ3n) is 5.71. The van der Waals surface area contributed by atoms with Gasteiger partial charge in [-0.05, 0) is 48.6 Å². The molecule has 3 aliphatic rings. The molecule has 1 N–H and O–H groups in total. The molecule has 0 spiro atoms. The van der Waals surface area contributed by atoms with E-state index in [9.17, 15) is 5.11 Å². The molecule has 0 saturated heterocycles. The molecule has 102 valence electrons. The molecule has 2 aliphatic carbocycles. The zero-order chi connectivity index (χ0) is 12.8. The first-order valence-electron chi connectivity index (χ1n) is 7.78. The maximum absolute atomic E-state index is 9.59. The van der Waals surface area contributed by atoms with Crippen molar-refractivity contribution in [2.45, 2.75) is 44.4 Å². The third kappa shape index (κ3) is 1.84. The first kappa shape index (κ1) is 11.6. The standard InChI is InChI=1S/C17H22O2/c18-12-6-8-15-14-7-5-11-3-1-2-4-13(11)16(14)10-19-17(15)9-12/h6,8-9,11,13-14,16,18H,1-5,7,10H2. The number of phenols is 1. The van der Waals surface area contributed by atoms with Crippen LogP contribution in [0.5, 0.6) is 11.5 Å². The highest BCUT2D eigenvalue weighted by molar-refractivity contribution is 5.44. The van der Waals surface area contributed by atoms with E-state index in [1.165, 1.54) is 44.1 Å². The summed E-state index contributed by atoms with van der Waals surface area (Å²) in [4.78, 5) is 0. The van der Waals surface area contributed by atoms with E-state index in [4.69, 9.17) is 4.74 Å². The van der Waals surface area contributed by atoms with Gasteiger partial charge >= 0.3 is 0 Å². The van der Waals surface area contributed by atoms with Crippen molar-refractivity contribution in [1.29, 1.82) is 0 Å². The predicted octanol–water partition coefficient (Wildman–Crippen LogP) is 4.08. The summed E-state index contributed by atoms with van der Waals surface area (Å²) in [5.74, 6) is 4.48. The number of fused-ring (bicyclic) bond motifs is 5. The molecule has 2 fully saturated rings. The molecule has 2 nitrogen and oxygen atoms in total. The van der Waals surface area contributed by atoms with Gasteiger partial charge in [-0.25, -0.2) is 0 Å². The molecule has 2 saturated carbocycles. The Morgan fingerprint density at radius 2 is 1.89 bits per heavy atom. The lowest BCUT2D eigenvalue weighted by atomic mass is 9.60. The highest BCUT2D eigenvalue weighted by Crippen LogP contribution is 2.53. The van der Waals surface area contributed by atoms with E-state index in [0.29, 0.717) is 11.7 Å². The van der Waals surface area contributed by atoms with Crippen LogP contribution in [-0.2, 0) is 0 Å². The fourth-order valence-electron chi connectivity index (χ4n) is 4.83. The Morgan fingerprint density at radius 3 is 2.84 bits per heavy atom. The lowest BCUT2D eigenvalue weighted by Gasteiger charge is -2.48. The Morgan fingerprint density at radius 1 is 1.00 bits per heavy atom. The molecule has 1 aliphatic heterocycles. The Bertz CT molecular complexity index is 482. The normalized spacial score (nSPS) is 36.6. The number of aromatic hydroxyl groups is 1. The van der Waals surface area contributed by atoms with Crippen LogP contribution in [0.15, 0.2) is 18.2 Å². The Labute approximate surface area is 114 Å². The van der Waals surface area contributed by atoms with Crippen LogP contribution >= 0.6 is 0 Å². The van der Waals surface area contributed by atoms with Gasteiger partial charge in [0.05, 0.1) is 6.61 Å². The Hall–Kier alpha value is -1.18. The average Bonchev–Trinajstić information content (AvgIpc) is 2.46. The lowest BCUT2D eigenvalue weighted by Crippen LogP contribution is -2.40. The molecular formula is C17H22O2. The molecular weight excluding hydrogens is 236 g/mol. The largest absolute Gasteiger partial charge is 0.508 e.